The number of hydrogen-bond donors (Lipinski definition) is 1. The molecule has 1 aromatic heterocycles. The number of carbonyl (C=O) groups is 1. The predicted molar refractivity (Wildman–Crippen MR) is 73.4 cm³/mol. The molecule has 0 aliphatic rings. The van der Waals surface area contributed by atoms with E-state index in [1.54, 1.807) is 25.1 Å². The van der Waals surface area contributed by atoms with Crippen molar-refractivity contribution in [3.8, 4) is 6.07 Å². The maximum atomic E-state index is 12.1. The molecule has 8 nitrogen and oxygen atoms in total. The SMILES string of the molecule is CC(C(=O)Nc1cccc(C#N)c1)n1ccc([N+](=O)[O-])n1. The molecule has 0 saturated carbocycles. The Morgan fingerprint density at radius 1 is 1.52 bits per heavy atom. The Morgan fingerprint density at radius 3 is 2.90 bits per heavy atom. The van der Waals surface area contributed by atoms with E-state index in [9.17, 15) is 14.9 Å². The van der Waals surface area contributed by atoms with Crippen LogP contribution >= 0.6 is 0 Å². The molecule has 0 radical (unpaired) electrons. The van der Waals surface area contributed by atoms with Gasteiger partial charge in [0.15, 0.2) is 0 Å². The van der Waals surface area contributed by atoms with Gasteiger partial charge in [0, 0.05) is 5.69 Å². The highest BCUT2D eigenvalue weighted by Gasteiger charge is 2.21. The van der Waals surface area contributed by atoms with Crippen molar-refractivity contribution in [2.24, 2.45) is 0 Å². The van der Waals surface area contributed by atoms with Gasteiger partial charge < -0.3 is 15.4 Å². The van der Waals surface area contributed by atoms with Crippen molar-refractivity contribution in [2.45, 2.75) is 13.0 Å². The van der Waals surface area contributed by atoms with Crippen LogP contribution in [0.3, 0.4) is 0 Å². The van der Waals surface area contributed by atoms with Gasteiger partial charge in [-0.3, -0.25) is 4.79 Å². The number of nitrogens with zero attached hydrogens (tertiary/aromatic N) is 4. The fourth-order valence-electron chi connectivity index (χ4n) is 1.67. The van der Waals surface area contributed by atoms with Gasteiger partial charge >= 0.3 is 5.82 Å². The summed E-state index contributed by atoms with van der Waals surface area (Å²) in [5, 5.41) is 25.7. The number of hydrogen-bond acceptors (Lipinski definition) is 5. The minimum atomic E-state index is -0.718. The second-order valence-electron chi connectivity index (χ2n) is 4.27. The van der Waals surface area contributed by atoms with E-state index in [0.29, 0.717) is 11.3 Å². The standard InChI is InChI=1S/C13H11N5O3/c1-9(17-6-5-12(16-17)18(20)21)13(19)15-11-4-2-3-10(7-11)8-14/h2-7,9H,1H3,(H,15,19). The van der Waals surface area contributed by atoms with E-state index in [0.717, 1.165) is 0 Å². The summed E-state index contributed by atoms with van der Waals surface area (Å²) in [5.74, 6) is -0.704. The maximum absolute atomic E-state index is 12.1. The highest BCUT2D eigenvalue weighted by atomic mass is 16.6. The van der Waals surface area contributed by atoms with Gasteiger partial charge in [0.25, 0.3) is 5.91 Å². The van der Waals surface area contributed by atoms with Crippen molar-refractivity contribution in [3.63, 3.8) is 0 Å². The Labute approximate surface area is 119 Å². The number of aromatic nitrogens is 2. The summed E-state index contributed by atoms with van der Waals surface area (Å²) in [6, 6.07) is 8.94. The zero-order chi connectivity index (χ0) is 15.4. The molecule has 21 heavy (non-hydrogen) atoms. The zero-order valence-electron chi connectivity index (χ0n) is 11.1. The van der Waals surface area contributed by atoms with E-state index in [2.05, 4.69) is 10.4 Å². The van der Waals surface area contributed by atoms with Crippen LogP contribution in [0.25, 0.3) is 0 Å². The van der Waals surface area contributed by atoms with Gasteiger partial charge in [0.05, 0.1) is 29.0 Å². The van der Waals surface area contributed by atoms with Crippen LogP contribution in [-0.2, 0) is 4.79 Å². The first-order valence-electron chi connectivity index (χ1n) is 6.02. The first-order valence-corrected chi connectivity index (χ1v) is 6.02. The van der Waals surface area contributed by atoms with E-state index in [1.807, 2.05) is 6.07 Å². The van der Waals surface area contributed by atoms with Gasteiger partial charge in [-0.15, -0.1) is 0 Å². The molecule has 1 amide bonds. The van der Waals surface area contributed by atoms with Crippen LogP contribution in [-0.4, -0.2) is 20.6 Å². The quantitative estimate of drug-likeness (QED) is 0.680. The molecule has 8 heteroatoms. The lowest BCUT2D eigenvalue weighted by Gasteiger charge is -2.10. The van der Waals surface area contributed by atoms with Gasteiger partial charge in [0.2, 0.25) is 0 Å². The number of amides is 1. The van der Waals surface area contributed by atoms with Crippen molar-refractivity contribution in [3.05, 3.63) is 52.2 Å². The number of nitriles is 1. The molecule has 2 rings (SSSR count). The van der Waals surface area contributed by atoms with Gasteiger partial charge in [0.1, 0.15) is 6.04 Å². The predicted octanol–water partition coefficient (Wildman–Crippen LogP) is 1.86. The molecule has 0 aliphatic carbocycles. The largest absolute Gasteiger partial charge is 0.389 e. The summed E-state index contributed by atoms with van der Waals surface area (Å²) in [6.45, 7) is 1.57. The molecule has 1 atom stereocenters. The number of rotatable bonds is 4. The molecule has 0 fully saturated rings. The Kier molecular flexibility index (Phi) is 3.95. The van der Waals surface area contributed by atoms with Gasteiger partial charge in [-0.05, 0) is 30.0 Å². The smallest absolute Gasteiger partial charge is 0.358 e. The zero-order valence-corrected chi connectivity index (χ0v) is 11.1. The average Bonchev–Trinajstić information content (AvgIpc) is 2.96. The summed E-state index contributed by atoms with van der Waals surface area (Å²) in [6.07, 6.45) is 1.37. The molecule has 106 valence electrons. The number of benzene rings is 1. The third-order valence-corrected chi connectivity index (χ3v) is 2.82. The van der Waals surface area contributed by atoms with E-state index in [4.69, 9.17) is 5.26 Å². The van der Waals surface area contributed by atoms with Crippen LogP contribution in [0.5, 0.6) is 0 Å². The molecule has 0 spiro atoms. The van der Waals surface area contributed by atoms with Crippen molar-refractivity contribution in [2.75, 3.05) is 5.32 Å². The molecular weight excluding hydrogens is 274 g/mol. The Bertz CT molecular complexity index is 731. The molecule has 1 heterocycles. The molecule has 0 saturated heterocycles. The van der Waals surface area contributed by atoms with Crippen LogP contribution in [0.2, 0.25) is 0 Å². The molecule has 1 unspecified atom stereocenters. The summed E-state index contributed by atoms with van der Waals surface area (Å²) in [7, 11) is 0. The lowest BCUT2D eigenvalue weighted by Crippen LogP contribution is -2.24. The second-order valence-corrected chi connectivity index (χ2v) is 4.27. The van der Waals surface area contributed by atoms with Crippen LogP contribution in [0.1, 0.15) is 18.5 Å². The van der Waals surface area contributed by atoms with E-state index >= 15 is 0 Å². The molecule has 0 bridgehead atoms. The second kappa shape index (κ2) is 5.83. The Balaban J connectivity index is 2.11. The first kappa shape index (κ1) is 14.2. The maximum Gasteiger partial charge on any atom is 0.389 e. The van der Waals surface area contributed by atoms with Crippen molar-refractivity contribution < 1.29 is 9.72 Å². The summed E-state index contributed by atoms with van der Waals surface area (Å²) < 4.78 is 1.21. The normalized spacial score (nSPS) is 11.4. The minimum absolute atomic E-state index is 0.318. The fraction of sp³-hybridized carbons (Fsp3) is 0.154. The van der Waals surface area contributed by atoms with Crippen molar-refractivity contribution in [1.29, 1.82) is 5.26 Å². The third-order valence-electron chi connectivity index (χ3n) is 2.82. The first-order chi connectivity index (χ1) is 10.0. The molecule has 2 aromatic rings. The number of nitro groups is 1. The van der Waals surface area contributed by atoms with Crippen LogP contribution in [0, 0.1) is 21.4 Å². The number of carbonyl (C=O) groups excluding carboxylic acids is 1. The lowest BCUT2D eigenvalue weighted by molar-refractivity contribution is -0.389. The van der Waals surface area contributed by atoms with E-state index in [-0.39, 0.29) is 11.7 Å². The van der Waals surface area contributed by atoms with Crippen LogP contribution in [0.4, 0.5) is 11.5 Å². The molecule has 1 aromatic carbocycles. The van der Waals surface area contributed by atoms with Crippen LogP contribution in [0.15, 0.2) is 36.5 Å². The molecule has 1 N–H and O–H groups in total. The topological polar surface area (TPSA) is 114 Å². The lowest BCUT2D eigenvalue weighted by atomic mass is 10.2. The highest BCUT2D eigenvalue weighted by Crippen LogP contribution is 2.15. The number of nitrogens with one attached hydrogen (secondary N) is 1. The van der Waals surface area contributed by atoms with E-state index in [1.165, 1.54) is 23.0 Å². The van der Waals surface area contributed by atoms with Gasteiger partial charge in [-0.2, -0.15) is 9.94 Å². The summed E-state index contributed by atoms with van der Waals surface area (Å²) >= 11 is 0. The fourth-order valence-corrected chi connectivity index (χ4v) is 1.67. The van der Waals surface area contributed by atoms with Crippen molar-refractivity contribution in [1.82, 2.24) is 9.78 Å². The summed E-state index contributed by atoms with van der Waals surface area (Å²) in [5.41, 5.74) is 0.905. The Morgan fingerprint density at radius 2 is 2.29 bits per heavy atom. The Hall–Kier alpha value is -3.21. The summed E-state index contributed by atoms with van der Waals surface area (Å²) in [4.78, 5) is 22.0. The third kappa shape index (κ3) is 3.22. The van der Waals surface area contributed by atoms with E-state index < -0.39 is 11.0 Å². The molecule has 0 aliphatic heterocycles. The highest BCUT2D eigenvalue weighted by molar-refractivity contribution is 5.93. The monoisotopic (exact) mass is 285 g/mol. The minimum Gasteiger partial charge on any atom is -0.358 e. The number of anilines is 1. The van der Waals surface area contributed by atoms with Crippen LogP contribution < -0.4 is 5.32 Å². The van der Waals surface area contributed by atoms with Crippen molar-refractivity contribution >= 4 is 17.4 Å². The van der Waals surface area contributed by atoms with Gasteiger partial charge in [-0.1, -0.05) is 6.07 Å². The average molecular weight is 285 g/mol. The van der Waals surface area contributed by atoms with Gasteiger partial charge in [-0.25, -0.2) is 0 Å². The molecular formula is C13H11N5O3.